The average Bonchev–Trinajstić information content (AvgIpc) is 2.84. The molecule has 1 amide bonds. The van der Waals surface area contributed by atoms with Crippen LogP contribution < -0.4 is 5.32 Å². The van der Waals surface area contributed by atoms with Gasteiger partial charge in [0.1, 0.15) is 5.52 Å². The number of aliphatic hydroxyl groups is 1. The summed E-state index contributed by atoms with van der Waals surface area (Å²) in [4.78, 5) is 15.5. The quantitative estimate of drug-likeness (QED) is 0.858. The number of oxazole rings is 1. The smallest absolute Gasteiger partial charge is 0.222 e. The highest BCUT2D eigenvalue weighted by Gasteiger charge is 2.22. The lowest BCUT2D eigenvalue weighted by molar-refractivity contribution is -0.121. The number of rotatable bonds is 5. The number of nitrogens with one attached hydrogen (secondary N) is 1. The molecule has 19 heavy (non-hydrogen) atoms. The molecule has 0 spiro atoms. The van der Waals surface area contributed by atoms with Gasteiger partial charge in [0.15, 0.2) is 12.0 Å². The number of fused-ring (bicyclic) bond motifs is 1. The van der Waals surface area contributed by atoms with Gasteiger partial charge in [-0.25, -0.2) is 4.98 Å². The third-order valence-electron chi connectivity index (χ3n) is 3.18. The highest BCUT2D eigenvalue weighted by molar-refractivity contribution is 5.76. The summed E-state index contributed by atoms with van der Waals surface area (Å²) in [6.07, 6.45) is 1.56. The fourth-order valence-electron chi connectivity index (χ4n) is 1.89. The molecule has 1 aromatic heterocycles. The monoisotopic (exact) mass is 262 g/mol. The standard InChI is InChI=1S/C14H18N2O3/c1-14(2,8-15-13(18)5-6-17)10-3-4-11-12(7-10)19-9-16-11/h3-4,7,9,17H,5-6,8H2,1-2H3,(H,15,18). The van der Waals surface area contributed by atoms with Crippen molar-refractivity contribution in [1.29, 1.82) is 0 Å². The predicted molar refractivity (Wildman–Crippen MR) is 71.7 cm³/mol. The first-order chi connectivity index (χ1) is 9.03. The van der Waals surface area contributed by atoms with Crippen molar-refractivity contribution in [3.63, 3.8) is 0 Å². The van der Waals surface area contributed by atoms with E-state index in [1.165, 1.54) is 6.39 Å². The van der Waals surface area contributed by atoms with Crippen molar-refractivity contribution < 1.29 is 14.3 Å². The Labute approximate surface area is 111 Å². The van der Waals surface area contributed by atoms with E-state index in [4.69, 9.17) is 9.52 Å². The molecule has 5 nitrogen and oxygen atoms in total. The van der Waals surface area contributed by atoms with Crippen molar-refractivity contribution in [3.05, 3.63) is 30.2 Å². The van der Waals surface area contributed by atoms with E-state index < -0.39 is 0 Å². The summed E-state index contributed by atoms with van der Waals surface area (Å²) in [5.74, 6) is -0.142. The third kappa shape index (κ3) is 3.12. The van der Waals surface area contributed by atoms with Crippen LogP contribution in [0.15, 0.2) is 29.0 Å². The SMILES string of the molecule is CC(C)(CNC(=O)CCO)c1ccc2ncoc2c1. The molecule has 2 aromatic rings. The molecule has 0 bridgehead atoms. The molecule has 0 saturated carbocycles. The van der Waals surface area contributed by atoms with Crippen LogP contribution in [0.25, 0.3) is 11.1 Å². The number of carbonyl (C=O) groups excluding carboxylic acids is 1. The Balaban J connectivity index is 2.11. The minimum absolute atomic E-state index is 0.129. The Hall–Kier alpha value is -1.88. The zero-order valence-corrected chi connectivity index (χ0v) is 11.1. The van der Waals surface area contributed by atoms with E-state index in [1.807, 2.05) is 32.0 Å². The summed E-state index contributed by atoms with van der Waals surface area (Å²) in [5.41, 5.74) is 2.42. The first kappa shape index (κ1) is 13.5. The highest BCUT2D eigenvalue weighted by atomic mass is 16.3. The van der Waals surface area contributed by atoms with Gasteiger partial charge in [0.25, 0.3) is 0 Å². The maximum Gasteiger partial charge on any atom is 0.222 e. The van der Waals surface area contributed by atoms with E-state index in [0.717, 1.165) is 16.7 Å². The largest absolute Gasteiger partial charge is 0.443 e. The second kappa shape index (κ2) is 5.40. The molecule has 0 atom stereocenters. The first-order valence-corrected chi connectivity index (χ1v) is 6.24. The number of aliphatic hydroxyl groups excluding tert-OH is 1. The third-order valence-corrected chi connectivity index (χ3v) is 3.18. The zero-order chi connectivity index (χ0) is 13.9. The van der Waals surface area contributed by atoms with Crippen LogP contribution in [0.1, 0.15) is 25.8 Å². The van der Waals surface area contributed by atoms with Crippen LogP contribution >= 0.6 is 0 Å². The van der Waals surface area contributed by atoms with Crippen molar-refractivity contribution in [2.24, 2.45) is 0 Å². The Kier molecular flexibility index (Phi) is 3.85. The van der Waals surface area contributed by atoms with E-state index in [2.05, 4.69) is 10.3 Å². The van der Waals surface area contributed by atoms with Crippen molar-refractivity contribution in [2.45, 2.75) is 25.7 Å². The maximum atomic E-state index is 11.4. The van der Waals surface area contributed by atoms with Crippen molar-refractivity contribution in [2.75, 3.05) is 13.2 Å². The number of aromatic nitrogens is 1. The lowest BCUT2D eigenvalue weighted by Crippen LogP contribution is -2.36. The Morgan fingerprint density at radius 2 is 2.26 bits per heavy atom. The van der Waals surface area contributed by atoms with E-state index in [9.17, 15) is 4.79 Å². The van der Waals surface area contributed by atoms with Crippen LogP contribution in [0, 0.1) is 0 Å². The molecule has 2 N–H and O–H groups in total. The van der Waals surface area contributed by atoms with E-state index >= 15 is 0 Å². The Morgan fingerprint density at radius 3 is 3.00 bits per heavy atom. The van der Waals surface area contributed by atoms with Gasteiger partial charge in [-0.15, -0.1) is 0 Å². The minimum Gasteiger partial charge on any atom is -0.443 e. The number of hydrogen-bond donors (Lipinski definition) is 2. The molecule has 5 heteroatoms. The van der Waals surface area contributed by atoms with Gasteiger partial charge in [-0.05, 0) is 17.7 Å². The van der Waals surface area contributed by atoms with Crippen LogP contribution in [0.5, 0.6) is 0 Å². The van der Waals surface area contributed by atoms with Crippen LogP contribution in [0.3, 0.4) is 0 Å². The van der Waals surface area contributed by atoms with Crippen molar-refractivity contribution in [1.82, 2.24) is 10.3 Å². The predicted octanol–water partition coefficient (Wildman–Crippen LogP) is 1.60. The minimum atomic E-state index is -0.216. The molecule has 0 aliphatic rings. The van der Waals surface area contributed by atoms with Gasteiger partial charge >= 0.3 is 0 Å². The normalized spacial score (nSPS) is 11.7. The molecule has 0 radical (unpaired) electrons. The molecule has 0 aliphatic heterocycles. The lowest BCUT2D eigenvalue weighted by Gasteiger charge is -2.25. The second-order valence-electron chi connectivity index (χ2n) is 5.17. The van der Waals surface area contributed by atoms with E-state index in [-0.39, 0.29) is 24.3 Å². The van der Waals surface area contributed by atoms with Crippen LogP contribution in [-0.2, 0) is 10.2 Å². The molecule has 2 rings (SSSR count). The molecule has 1 aromatic carbocycles. The summed E-state index contributed by atoms with van der Waals surface area (Å²) in [6.45, 7) is 4.47. The second-order valence-corrected chi connectivity index (χ2v) is 5.17. The van der Waals surface area contributed by atoms with Gasteiger partial charge in [0, 0.05) is 18.4 Å². The highest BCUT2D eigenvalue weighted by Crippen LogP contribution is 2.25. The van der Waals surface area contributed by atoms with Gasteiger partial charge in [0.2, 0.25) is 5.91 Å². The number of amides is 1. The zero-order valence-electron chi connectivity index (χ0n) is 11.1. The fourth-order valence-corrected chi connectivity index (χ4v) is 1.89. The van der Waals surface area contributed by atoms with Gasteiger partial charge in [0.05, 0.1) is 6.61 Å². The van der Waals surface area contributed by atoms with E-state index in [0.29, 0.717) is 6.54 Å². The number of nitrogens with zero attached hydrogens (tertiary/aromatic N) is 1. The van der Waals surface area contributed by atoms with Gasteiger partial charge in [-0.3, -0.25) is 4.79 Å². The molecule has 0 fully saturated rings. The first-order valence-electron chi connectivity index (χ1n) is 6.24. The number of carbonyl (C=O) groups is 1. The van der Waals surface area contributed by atoms with Crippen LogP contribution in [-0.4, -0.2) is 29.1 Å². The van der Waals surface area contributed by atoms with Crippen molar-refractivity contribution in [3.8, 4) is 0 Å². The molecule has 0 unspecified atom stereocenters. The molecule has 102 valence electrons. The summed E-state index contributed by atoms with van der Waals surface area (Å²) in [7, 11) is 0. The van der Waals surface area contributed by atoms with Crippen LogP contribution in [0.2, 0.25) is 0 Å². The Morgan fingerprint density at radius 1 is 1.47 bits per heavy atom. The lowest BCUT2D eigenvalue weighted by atomic mass is 9.84. The molecular formula is C14H18N2O3. The summed E-state index contributed by atoms with van der Waals surface area (Å²) >= 11 is 0. The van der Waals surface area contributed by atoms with Gasteiger partial charge in [-0.1, -0.05) is 19.9 Å². The molecule has 0 saturated heterocycles. The maximum absolute atomic E-state index is 11.4. The Bertz CT molecular complexity index is 575. The topological polar surface area (TPSA) is 75.4 Å². The van der Waals surface area contributed by atoms with Crippen molar-refractivity contribution >= 4 is 17.0 Å². The number of benzene rings is 1. The summed E-state index contributed by atoms with van der Waals surface area (Å²) in [6, 6.07) is 5.84. The average molecular weight is 262 g/mol. The molecular weight excluding hydrogens is 244 g/mol. The summed E-state index contributed by atoms with van der Waals surface area (Å²) < 4.78 is 5.29. The summed E-state index contributed by atoms with van der Waals surface area (Å²) in [5, 5.41) is 11.5. The van der Waals surface area contributed by atoms with Gasteiger partial charge in [-0.2, -0.15) is 0 Å². The molecule has 0 aliphatic carbocycles. The molecule has 1 heterocycles. The fraction of sp³-hybridized carbons (Fsp3) is 0.429. The van der Waals surface area contributed by atoms with E-state index in [1.54, 1.807) is 0 Å². The van der Waals surface area contributed by atoms with Gasteiger partial charge < -0.3 is 14.8 Å². The number of hydrogen-bond acceptors (Lipinski definition) is 4. The van der Waals surface area contributed by atoms with Crippen LogP contribution in [0.4, 0.5) is 0 Å².